The number of aromatic nitrogens is 1. The summed E-state index contributed by atoms with van der Waals surface area (Å²) in [6.45, 7) is 3.76. The minimum Gasteiger partial charge on any atom is -0.497 e. The molecule has 4 rings (SSSR count). The highest BCUT2D eigenvalue weighted by molar-refractivity contribution is 7.07. The molecular formula is C28H29N3O4S. The summed E-state index contributed by atoms with van der Waals surface area (Å²) in [6.07, 6.45) is 5.60. The van der Waals surface area contributed by atoms with Crippen molar-refractivity contribution in [1.82, 2.24) is 4.57 Å². The van der Waals surface area contributed by atoms with Gasteiger partial charge in [0.15, 0.2) is 4.80 Å². The van der Waals surface area contributed by atoms with Crippen LogP contribution in [0.5, 0.6) is 5.75 Å². The van der Waals surface area contributed by atoms with Gasteiger partial charge in [0.05, 0.1) is 35.6 Å². The highest BCUT2D eigenvalue weighted by Crippen LogP contribution is 2.31. The van der Waals surface area contributed by atoms with Gasteiger partial charge in [-0.15, -0.1) is 0 Å². The number of esters is 1. The number of carbonyl (C=O) groups is 1. The molecule has 0 N–H and O–H groups in total. The molecule has 0 radical (unpaired) electrons. The monoisotopic (exact) mass is 503 g/mol. The fourth-order valence-corrected chi connectivity index (χ4v) is 5.04. The van der Waals surface area contributed by atoms with E-state index in [-0.39, 0.29) is 12.2 Å². The molecule has 0 amide bonds. The van der Waals surface area contributed by atoms with Gasteiger partial charge in [-0.05, 0) is 55.3 Å². The Morgan fingerprint density at radius 1 is 1.14 bits per heavy atom. The topological polar surface area (TPSA) is 73.1 Å². The Balaban J connectivity index is 1.78. The molecule has 1 aliphatic rings. The minimum atomic E-state index is -0.643. The number of benzene rings is 2. The number of rotatable bonds is 7. The van der Waals surface area contributed by atoms with Crippen molar-refractivity contribution in [2.45, 2.75) is 19.9 Å². The zero-order valence-corrected chi connectivity index (χ0v) is 21.8. The fourth-order valence-electron chi connectivity index (χ4n) is 4.04. The first-order valence-corrected chi connectivity index (χ1v) is 12.4. The predicted octanol–water partition coefficient (Wildman–Crippen LogP) is 3.54. The van der Waals surface area contributed by atoms with Crippen LogP contribution < -0.4 is 24.5 Å². The molecule has 1 aliphatic heterocycles. The van der Waals surface area contributed by atoms with E-state index in [0.29, 0.717) is 26.4 Å². The second kappa shape index (κ2) is 10.8. The van der Waals surface area contributed by atoms with Crippen molar-refractivity contribution in [2.75, 3.05) is 32.7 Å². The average Bonchev–Trinajstić information content (AvgIpc) is 3.18. The van der Waals surface area contributed by atoms with Crippen LogP contribution in [-0.4, -0.2) is 38.3 Å². The van der Waals surface area contributed by atoms with Gasteiger partial charge in [-0.2, -0.15) is 0 Å². The molecule has 3 aromatic rings. The van der Waals surface area contributed by atoms with Gasteiger partial charge in [-0.25, -0.2) is 9.79 Å². The lowest BCUT2D eigenvalue weighted by atomic mass is 9.96. The van der Waals surface area contributed by atoms with E-state index in [1.165, 1.54) is 11.3 Å². The van der Waals surface area contributed by atoms with E-state index in [2.05, 4.69) is 4.99 Å². The second-order valence-corrected chi connectivity index (χ2v) is 9.45. The van der Waals surface area contributed by atoms with Gasteiger partial charge in [0, 0.05) is 19.8 Å². The molecule has 1 unspecified atom stereocenters. The molecule has 8 heteroatoms. The summed E-state index contributed by atoms with van der Waals surface area (Å²) in [5.74, 6) is 0.211. The summed E-state index contributed by atoms with van der Waals surface area (Å²) in [5.41, 5.74) is 3.61. The van der Waals surface area contributed by atoms with Crippen molar-refractivity contribution in [3.8, 4) is 5.75 Å². The number of fused-ring (bicyclic) bond motifs is 1. The van der Waals surface area contributed by atoms with Crippen molar-refractivity contribution in [3.05, 3.63) is 96.7 Å². The van der Waals surface area contributed by atoms with Crippen LogP contribution in [0.15, 0.2) is 75.7 Å². The summed E-state index contributed by atoms with van der Waals surface area (Å²) in [7, 11) is 5.59. The van der Waals surface area contributed by atoms with Crippen molar-refractivity contribution in [1.29, 1.82) is 0 Å². The third-order valence-electron chi connectivity index (χ3n) is 5.89. The molecule has 0 aliphatic carbocycles. The van der Waals surface area contributed by atoms with E-state index >= 15 is 0 Å². The summed E-state index contributed by atoms with van der Waals surface area (Å²) in [4.78, 5) is 33.7. The lowest BCUT2D eigenvalue weighted by Crippen LogP contribution is -2.39. The van der Waals surface area contributed by atoms with Crippen LogP contribution in [0, 0.1) is 0 Å². The fraction of sp³-hybridized carbons (Fsp3) is 0.250. The molecule has 1 atom stereocenters. The van der Waals surface area contributed by atoms with Crippen LogP contribution in [0.4, 0.5) is 5.69 Å². The molecule has 0 fully saturated rings. The van der Waals surface area contributed by atoms with Crippen LogP contribution in [0.25, 0.3) is 12.2 Å². The first kappa shape index (κ1) is 25.2. The standard InChI is InChI=1S/C28H29N3O4S/c1-6-35-27(33)24-18(2)29-28-31(25(24)20-12-16-22(34-5)17-13-20)26(32)23(36-28)9-7-8-19-10-14-21(15-11-19)30(3)4/h7-17,25H,6H2,1-5H3. The normalized spacial score (nSPS) is 15.6. The number of hydrogen-bond acceptors (Lipinski definition) is 7. The number of nitrogens with zero attached hydrogens (tertiary/aromatic N) is 3. The molecule has 1 aromatic heterocycles. The Kier molecular flexibility index (Phi) is 7.55. The first-order valence-electron chi connectivity index (χ1n) is 11.6. The van der Waals surface area contributed by atoms with Crippen LogP contribution in [0.2, 0.25) is 0 Å². The largest absolute Gasteiger partial charge is 0.497 e. The van der Waals surface area contributed by atoms with Gasteiger partial charge in [0.1, 0.15) is 5.75 Å². The predicted molar refractivity (Wildman–Crippen MR) is 144 cm³/mol. The molecule has 0 saturated carbocycles. The second-order valence-electron chi connectivity index (χ2n) is 8.44. The van der Waals surface area contributed by atoms with Crippen LogP contribution in [0.3, 0.4) is 0 Å². The maximum Gasteiger partial charge on any atom is 0.338 e. The lowest BCUT2D eigenvalue weighted by molar-refractivity contribution is -0.139. The van der Waals surface area contributed by atoms with E-state index in [9.17, 15) is 9.59 Å². The van der Waals surface area contributed by atoms with E-state index < -0.39 is 12.0 Å². The minimum absolute atomic E-state index is 0.207. The number of thiazole rings is 1. The number of hydrogen-bond donors (Lipinski definition) is 0. The zero-order valence-electron chi connectivity index (χ0n) is 21.0. The highest BCUT2D eigenvalue weighted by Gasteiger charge is 2.33. The summed E-state index contributed by atoms with van der Waals surface area (Å²) in [5, 5.41) is 0. The van der Waals surface area contributed by atoms with Gasteiger partial charge in [0.25, 0.3) is 5.56 Å². The third kappa shape index (κ3) is 5.04. The van der Waals surface area contributed by atoms with E-state index in [0.717, 1.165) is 16.8 Å². The Morgan fingerprint density at radius 2 is 1.83 bits per heavy atom. The maximum atomic E-state index is 13.6. The highest BCUT2D eigenvalue weighted by atomic mass is 32.1. The molecule has 2 aromatic carbocycles. The Bertz CT molecular complexity index is 1490. The molecule has 0 saturated heterocycles. The van der Waals surface area contributed by atoms with Gasteiger partial charge >= 0.3 is 5.97 Å². The van der Waals surface area contributed by atoms with Crippen LogP contribution >= 0.6 is 11.3 Å². The first-order chi connectivity index (χ1) is 17.3. The maximum absolute atomic E-state index is 13.6. The molecule has 0 spiro atoms. The number of methoxy groups -OCH3 is 1. The molecule has 36 heavy (non-hydrogen) atoms. The van der Waals surface area contributed by atoms with E-state index in [1.54, 1.807) is 31.6 Å². The average molecular weight is 504 g/mol. The van der Waals surface area contributed by atoms with Crippen molar-refractivity contribution in [3.63, 3.8) is 0 Å². The van der Waals surface area contributed by atoms with E-state index in [1.807, 2.05) is 79.7 Å². The smallest absolute Gasteiger partial charge is 0.338 e. The van der Waals surface area contributed by atoms with Crippen molar-refractivity contribution >= 4 is 35.1 Å². The van der Waals surface area contributed by atoms with E-state index in [4.69, 9.17) is 9.47 Å². The van der Waals surface area contributed by atoms with Crippen LogP contribution in [0.1, 0.15) is 31.0 Å². The quantitative estimate of drug-likeness (QED) is 0.461. The molecule has 186 valence electrons. The SMILES string of the molecule is CCOC(=O)C1=C(C)N=c2sc(=CC=Cc3ccc(N(C)C)cc3)c(=O)n2C1c1ccc(OC)cc1. The lowest BCUT2D eigenvalue weighted by Gasteiger charge is -2.24. The third-order valence-corrected chi connectivity index (χ3v) is 6.90. The summed E-state index contributed by atoms with van der Waals surface area (Å²) < 4.78 is 12.7. The Hall–Kier alpha value is -3.91. The van der Waals surface area contributed by atoms with Gasteiger partial charge in [0.2, 0.25) is 0 Å². The number of allylic oxidation sites excluding steroid dienone is 2. The summed E-state index contributed by atoms with van der Waals surface area (Å²) in [6, 6.07) is 14.8. The molecule has 0 bridgehead atoms. The van der Waals surface area contributed by atoms with Crippen LogP contribution in [-0.2, 0) is 9.53 Å². The summed E-state index contributed by atoms with van der Waals surface area (Å²) >= 11 is 1.30. The van der Waals surface area contributed by atoms with Gasteiger partial charge in [-0.1, -0.05) is 47.8 Å². The van der Waals surface area contributed by atoms with Crippen molar-refractivity contribution < 1.29 is 14.3 Å². The van der Waals surface area contributed by atoms with Gasteiger partial charge in [-0.3, -0.25) is 9.36 Å². The molecule has 2 heterocycles. The number of carbonyl (C=O) groups excluding carboxylic acids is 1. The number of ether oxygens (including phenoxy) is 2. The Labute approximate surface area is 213 Å². The zero-order chi connectivity index (χ0) is 25.8. The van der Waals surface area contributed by atoms with Gasteiger partial charge < -0.3 is 14.4 Å². The Morgan fingerprint density at radius 3 is 2.44 bits per heavy atom. The molecule has 7 nitrogen and oxygen atoms in total. The van der Waals surface area contributed by atoms with Crippen molar-refractivity contribution in [2.24, 2.45) is 4.99 Å². The molecular weight excluding hydrogens is 474 g/mol. The number of anilines is 1.